The third-order valence-corrected chi connectivity index (χ3v) is 4.22. The maximum Gasteiger partial charge on any atom is 0.416 e. The summed E-state index contributed by atoms with van der Waals surface area (Å²) in [5.41, 5.74) is 0.118. The van der Waals surface area contributed by atoms with Crippen molar-refractivity contribution in [2.45, 2.75) is 18.8 Å². The molecule has 5 nitrogen and oxygen atoms in total. The number of nitrogens with zero attached hydrogens (tertiary/aromatic N) is 3. The van der Waals surface area contributed by atoms with E-state index in [2.05, 4.69) is 10.3 Å². The minimum Gasteiger partial charge on any atom is -0.468 e. The van der Waals surface area contributed by atoms with Gasteiger partial charge in [-0.2, -0.15) is 13.2 Å². The van der Waals surface area contributed by atoms with E-state index in [1.54, 1.807) is 13.3 Å². The summed E-state index contributed by atoms with van der Waals surface area (Å²) in [5.74, 6) is 1.49. The molecule has 0 fully saturated rings. The van der Waals surface area contributed by atoms with Crippen molar-refractivity contribution in [3.8, 4) is 0 Å². The second-order valence-corrected chi connectivity index (χ2v) is 6.47. The third kappa shape index (κ3) is 6.69. The molecule has 0 radical (unpaired) electrons. The lowest BCUT2D eigenvalue weighted by Gasteiger charge is -2.27. The zero-order valence-electron chi connectivity index (χ0n) is 16.3. The first-order valence-electron chi connectivity index (χ1n) is 8.50. The number of halogens is 4. The van der Waals surface area contributed by atoms with Gasteiger partial charge in [0.25, 0.3) is 0 Å². The summed E-state index contributed by atoms with van der Waals surface area (Å²) in [5, 5.41) is 3.29. The molecule has 1 heterocycles. The highest BCUT2D eigenvalue weighted by molar-refractivity contribution is 14.0. The SMILES string of the molecule is CN=C(NCC(c1ccco1)N(C)C)N(C)Cc1ccc(C(F)(F)F)cc1.I. The summed E-state index contributed by atoms with van der Waals surface area (Å²) < 4.78 is 43.5. The Balaban J connectivity index is 0.00000392. The van der Waals surface area contributed by atoms with Gasteiger partial charge in [-0.3, -0.25) is 9.89 Å². The fourth-order valence-electron chi connectivity index (χ4n) is 2.74. The molecule has 0 aliphatic rings. The summed E-state index contributed by atoms with van der Waals surface area (Å²) in [6, 6.07) is 8.95. The highest BCUT2D eigenvalue weighted by Gasteiger charge is 2.30. The Morgan fingerprint density at radius 3 is 2.25 bits per heavy atom. The molecule has 2 rings (SSSR count). The Kier molecular flexibility index (Phi) is 9.28. The van der Waals surface area contributed by atoms with Gasteiger partial charge in [0.2, 0.25) is 0 Å². The number of likely N-dealkylation sites (N-methyl/N-ethyl adjacent to an activating group) is 1. The summed E-state index contributed by atoms with van der Waals surface area (Å²) in [6.45, 7) is 1.01. The second kappa shape index (κ2) is 10.7. The zero-order valence-corrected chi connectivity index (χ0v) is 18.7. The van der Waals surface area contributed by atoms with Crippen molar-refractivity contribution in [2.75, 3.05) is 34.7 Å². The minimum atomic E-state index is -4.32. The fourth-order valence-corrected chi connectivity index (χ4v) is 2.74. The predicted octanol–water partition coefficient (Wildman–Crippen LogP) is 4.23. The van der Waals surface area contributed by atoms with Gasteiger partial charge in [-0.05, 0) is 43.9 Å². The van der Waals surface area contributed by atoms with Crippen LogP contribution >= 0.6 is 24.0 Å². The molecule has 0 amide bonds. The van der Waals surface area contributed by atoms with Gasteiger partial charge >= 0.3 is 6.18 Å². The number of aliphatic imine (C=N–C) groups is 1. The molecule has 0 spiro atoms. The molecule has 9 heteroatoms. The Morgan fingerprint density at radius 2 is 1.79 bits per heavy atom. The molecular weight excluding hydrogens is 484 g/mol. The summed E-state index contributed by atoms with van der Waals surface area (Å²) >= 11 is 0. The number of guanidine groups is 1. The number of alkyl halides is 3. The van der Waals surface area contributed by atoms with E-state index in [9.17, 15) is 13.2 Å². The van der Waals surface area contributed by atoms with Crippen LogP contribution in [0.1, 0.15) is 22.9 Å². The van der Waals surface area contributed by atoms with Crippen LogP contribution in [0.4, 0.5) is 13.2 Å². The minimum absolute atomic E-state index is 0. The van der Waals surface area contributed by atoms with Crippen molar-refractivity contribution in [1.82, 2.24) is 15.1 Å². The number of hydrogen-bond donors (Lipinski definition) is 1. The standard InChI is InChI=1S/C19H25F3N4O.HI/c1-23-18(24-12-16(25(2)3)17-6-5-11-27-17)26(4)13-14-7-9-15(10-8-14)19(20,21)22;/h5-11,16H,12-13H2,1-4H3,(H,23,24);1H. The number of hydrogen-bond acceptors (Lipinski definition) is 3. The Hall–Kier alpha value is -1.75. The molecule has 156 valence electrons. The van der Waals surface area contributed by atoms with Gasteiger partial charge in [0.1, 0.15) is 5.76 Å². The number of nitrogens with one attached hydrogen (secondary N) is 1. The average Bonchev–Trinajstić information content (AvgIpc) is 3.12. The molecule has 1 aromatic heterocycles. The molecule has 0 bridgehead atoms. The van der Waals surface area contributed by atoms with Gasteiger partial charge in [0.15, 0.2) is 5.96 Å². The van der Waals surface area contributed by atoms with Crippen LogP contribution in [-0.2, 0) is 12.7 Å². The number of furan rings is 1. The van der Waals surface area contributed by atoms with Crippen LogP contribution in [0, 0.1) is 0 Å². The van der Waals surface area contributed by atoms with E-state index >= 15 is 0 Å². The lowest BCUT2D eigenvalue weighted by atomic mass is 10.1. The molecule has 1 unspecified atom stereocenters. The van der Waals surface area contributed by atoms with Crippen molar-refractivity contribution < 1.29 is 17.6 Å². The first-order valence-corrected chi connectivity index (χ1v) is 8.50. The molecule has 1 atom stereocenters. The summed E-state index contributed by atoms with van der Waals surface area (Å²) in [7, 11) is 7.43. The van der Waals surface area contributed by atoms with Crippen molar-refractivity contribution in [1.29, 1.82) is 0 Å². The molecule has 1 N–H and O–H groups in total. The van der Waals surface area contributed by atoms with Crippen molar-refractivity contribution >= 4 is 29.9 Å². The number of benzene rings is 1. The van der Waals surface area contributed by atoms with E-state index in [4.69, 9.17) is 4.42 Å². The second-order valence-electron chi connectivity index (χ2n) is 6.47. The van der Waals surface area contributed by atoms with Gasteiger partial charge in [0.05, 0.1) is 17.9 Å². The van der Waals surface area contributed by atoms with Crippen LogP contribution in [0.2, 0.25) is 0 Å². The zero-order chi connectivity index (χ0) is 20.0. The predicted molar refractivity (Wildman–Crippen MR) is 115 cm³/mol. The van der Waals surface area contributed by atoms with E-state index in [-0.39, 0.29) is 30.0 Å². The average molecular weight is 510 g/mol. The van der Waals surface area contributed by atoms with E-state index in [0.717, 1.165) is 23.5 Å². The van der Waals surface area contributed by atoms with Gasteiger partial charge in [0, 0.05) is 27.2 Å². The topological polar surface area (TPSA) is 44.0 Å². The maximum atomic E-state index is 12.7. The van der Waals surface area contributed by atoms with E-state index in [1.165, 1.54) is 12.1 Å². The monoisotopic (exact) mass is 510 g/mol. The van der Waals surface area contributed by atoms with E-state index in [0.29, 0.717) is 19.0 Å². The largest absolute Gasteiger partial charge is 0.468 e. The van der Waals surface area contributed by atoms with Crippen LogP contribution in [-0.4, -0.2) is 50.5 Å². The van der Waals surface area contributed by atoms with Crippen LogP contribution in [0.25, 0.3) is 0 Å². The summed E-state index contributed by atoms with van der Waals surface area (Å²) in [4.78, 5) is 8.15. The van der Waals surface area contributed by atoms with Crippen molar-refractivity contribution in [3.63, 3.8) is 0 Å². The van der Waals surface area contributed by atoms with Gasteiger partial charge in [-0.1, -0.05) is 12.1 Å². The first-order chi connectivity index (χ1) is 12.7. The molecular formula is C19H26F3IN4O. The molecule has 0 saturated heterocycles. The molecule has 0 saturated carbocycles. The number of rotatable bonds is 6. The van der Waals surface area contributed by atoms with Gasteiger partial charge < -0.3 is 14.6 Å². The van der Waals surface area contributed by atoms with Crippen LogP contribution in [0.15, 0.2) is 52.1 Å². The lowest BCUT2D eigenvalue weighted by molar-refractivity contribution is -0.137. The van der Waals surface area contributed by atoms with Crippen molar-refractivity contribution in [3.05, 3.63) is 59.5 Å². The Labute approximate surface area is 180 Å². The molecule has 1 aromatic carbocycles. The van der Waals surface area contributed by atoms with Crippen LogP contribution in [0.5, 0.6) is 0 Å². The lowest BCUT2D eigenvalue weighted by Crippen LogP contribution is -2.42. The summed E-state index contributed by atoms with van der Waals surface area (Å²) in [6.07, 6.45) is -2.69. The maximum absolute atomic E-state index is 12.7. The highest BCUT2D eigenvalue weighted by Crippen LogP contribution is 2.29. The van der Waals surface area contributed by atoms with Gasteiger partial charge in [-0.25, -0.2) is 0 Å². The smallest absolute Gasteiger partial charge is 0.416 e. The third-order valence-electron chi connectivity index (χ3n) is 4.22. The first kappa shape index (κ1) is 24.3. The van der Waals surface area contributed by atoms with Crippen molar-refractivity contribution in [2.24, 2.45) is 4.99 Å². The van der Waals surface area contributed by atoms with E-state index < -0.39 is 11.7 Å². The molecule has 0 aliphatic carbocycles. The Morgan fingerprint density at radius 1 is 1.14 bits per heavy atom. The Bertz CT molecular complexity index is 731. The normalized spacial score (nSPS) is 13.2. The molecule has 0 aliphatic heterocycles. The quantitative estimate of drug-likeness (QED) is 0.359. The van der Waals surface area contributed by atoms with Crippen LogP contribution in [0.3, 0.4) is 0 Å². The van der Waals surface area contributed by atoms with Gasteiger partial charge in [-0.15, -0.1) is 24.0 Å². The molecule has 28 heavy (non-hydrogen) atoms. The highest BCUT2D eigenvalue weighted by atomic mass is 127. The fraction of sp³-hybridized carbons (Fsp3) is 0.421. The molecule has 2 aromatic rings. The van der Waals surface area contributed by atoms with E-state index in [1.807, 2.05) is 43.1 Å². The van der Waals surface area contributed by atoms with Crippen LogP contribution < -0.4 is 5.32 Å².